The number of carbonyl (C=O) groups excluding carboxylic acids is 5. The first-order valence-electron chi connectivity index (χ1n) is 10.0. The molecule has 164 valence electrons. The molecule has 1 aromatic carbocycles. The second kappa shape index (κ2) is 7.64. The molecule has 0 saturated carbocycles. The lowest BCUT2D eigenvalue weighted by Crippen LogP contribution is -2.52. The van der Waals surface area contributed by atoms with Crippen LogP contribution in [0.1, 0.15) is 34.5 Å². The number of fused-ring (bicyclic) bond motifs is 1. The second-order valence-corrected chi connectivity index (χ2v) is 7.72. The first kappa shape index (κ1) is 20.0. The van der Waals surface area contributed by atoms with Crippen LogP contribution in [0.4, 0.5) is 0 Å². The fourth-order valence-corrected chi connectivity index (χ4v) is 4.13. The van der Waals surface area contributed by atoms with Crippen LogP contribution in [-0.4, -0.2) is 73.6 Å². The quantitative estimate of drug-likeness (QED) is 0.594. The molecule has 1 aromatic heterocycles. The smallest absolute Gasteiger partial charge is 0.255 e. The van der Waals surface area contributed by atoms with E-state index in [9.17, 15) is 24.0 Å². The maximum atomic E-state index is 13.0. The Bertz CT molecular complexity index is 1160. The van der Waals surface area contributed by atoms with Gasteiger partial charge in [-0.3, -0.25) is 34.2 Å². The van der Waals surface area contributed by atoms with Crippen molar-refractivity contribution in [3.8, 4) is 5.69 Å². The highest BCUT2D eigenvalue weighted by Gasteiger charge is 2.40. The third-order valence-electron chi connectivity index (χ3n) is 5.72. The van der Waals surface area contributed by atoms with Gasteiger partial charge in [-0.05, 0) is 18.6 Å². The van der Waals surface area contributed by atoms with E-state index in [2.05, 4.69) is 15.6 Å². The Hall–Kier alpha value is -3.93. The van der Waals surface area contributed by atoms with Crippen molar-refractivity contribution in [2.45, 2.75) is 32.0 Å². The second-order valence-electron chi connectivity index (χ2n) is 7.72. The molecule has 1 atom stereocenters. The van der Waals surface area contributed by atoms with Gasteiger partial charge in [0.2, 0.25) is 11.8 Å². The van der Waals surface area contributed by atoms with Gasteiger partial charge in [-0.2, -0.15) is 0 Å². The molecule has 2 aromatic rings. The van der Waals surface area contributed by atoms with Crippen molar-refractivity contribution in [2.24, 2.45) is 0 Å². The molecule has 1 N–H and O–H groups in total. The molecule has 2 fully saturated rings. The number of morpholine rings is 1. The number of amides is 5. The lowest BCUT2D eigenvalue weighted by Gasteiger charge is -2.29. The van der Waals surface area contributed by atoms with Crippen LogP contribution in [0.15, 0.2) is 24.4 Å². The maximum Gasteiger partial charge on any atom is 0.255 e. The average molecular weight is 438 g/mol. The summed E-state index contributed by atoms with van der Waals surface area (Å²) >= 11 is 0. The molecule has 12 heteroatoms. The highest BCUT2D eigenvalue weighted by atomic mass is 16.5. The SMILES string of the molecule is O=C1CCC(N2Cc3c(cccc3-n3cc(CN4C(=O)COCC4=O)nn3)C2=O)C(=O)N1. The molecule has 0 bridgehead atoms. The number of piperidine rings is 1. The summed E-state index contributed by atoms with van der Waals surface area (Å²) in [6.45, 7) is -0.168. The van der Waals surface area contributed by atoms with Gasteiger partial charge >= 0.3 is 0 Å². The van der Waals surface area contributed by atoms with Crippen LogP contribution in [0.5, 0.6) is 0 Å². The maximum absolute atomic E-state index is 13.0. The van der Waals surface area contributed by atoms with Crippen LogP contribution < -0.4 is 5.32 Å². The number of nitrogens with zero attached hydrogens (tertiary/aromatic N) is 5. The Kier molecular flexibility index (Phi) is 4.78. The van der Waals surface area contributed by atoms with E-state index in [1.165, 1.54) is 9.58 Å². The Labute approximate surface area is 181 Å². The number of aromatic nitrogens is 3. The molecule has 0 radical (unpaired) electrons. The normalized spacial score (nSPS) is 21.2. The summed E-state index contributed by atoms with van der Waals surface area (Å²) in [6, 6.07) is 4.43. The number of ether oxygens (including phenoxy) is 1. The van der Waals surface area contributed by atoms with Crippen LogP contribution >= 0.6 is 0 Å². The van der Waals surface area contributed by atoms with Gasteiger partial charge in [-0.1, -0.05) is 11.3 Å². The predicted molar refractivity (Wildman–Crippen MR) is 104 cm³/mol. The highest BCUT2D eigenvalue weighted by Crippen LogP contribution is 2.31. The standard InChI is InChI=1S/C20H18N6O6/c27-16-5-4-15(19(30)21-16)24-8-13-12(20(24)31)2-1-3-14(13)26-7-11(22-23-26)6-25-17(28)9-32-10-18(25)29/h1-3,7,15H,4-6,8-10H2,(H,21,27,30). The van der Waals surface area contributed by atoms with Crippen LogP contribution in [0.2, 0.25) is 0 Å². The fourth-order valence-electron chi connectivity index (χ4n) is 4.13. The van der Waals surface area contributed by atoms with Crippen LogP contribution in [0.25, 0.3) is 5.69 Å². The molecule has 5 amide bonds. The van der Waals surface area contributed by atoms with Gasteiger partial charge < -0.3 is 9.64 Å². The van der Waals surface area contributed by atoms with Crippen molar-refractivity contribution in [3.63, 3.8) is 0 Å². The molecular weight excluding hydrogens is 420 g/mol. The van der Waals surface area contributed by atoms with E-state index in [4.69, 9.17) is 4.74 Å². The third-order valence-corrected chi connectivity index (χ3v) is 5.72. The molecule has 3 aliphatic heterocycles. The monoisotopic (exact) mass is 438 g/mol. The lowest BCUT2D eigenvalue weighted by molar-refractivity contribution is -0.159. The average Bonchev–Trinajstić information content (AvgIpc) is 3.36. The zero-order chi connectivity index (χ0) is 22.4. The van der Waals surface area contributed by atoms with Crippen LogP contribution in [-0.2, 0) is 37.0 Å². The Balaban J connectivity index is 1.39. The van der Waals surface area contributed by atoms with E-state index >= 15 is 0 Å². The predicted octanol–water partition coefficient (Wildman–Crippen LogP) is -1.09. The van der Waals surface area contributed by atoms with E-state index in [1.54, 1.807) is 24.4 Å². The number of benzene rings is 1. The van der Waals surface area contributed by atoms with Gasteiger partial charge in [0.25, 0.3) is 17.7 Å². The van der Waals surface area contributed by atoms with Gasteiger partial charge in [0, 0.05) is 24.1 Å². The van der Waals surface area contributed by atoms with Crippen molar-refractivity contribution in [1.29, 1.82) is 0 Å². The van der Waals surface area contributed by atoms with Gasteiger partial charge in [-0.15, -0.1) is 5.10 Å². The molecule has 12 nitrogen and oxygen atoms in total. The highest BCUT2D eigenvalue weighted by molar-refractivity contribution is 6.05. The van der Waals surface area contributed by atoms with Crippen LogP contribution in [0.3, 0.4) is 0 Å². The summed E-state index contributed by atoms with van der Waals surface area (Å²) < 4.78 is 6.38. The summed E-state index contributed by atoms with van der Waals surface area (Å²) in [6.07, 6.45) is 2.04. The Morgan fingerprint density at radius 3 is 2.62 bits per heavy atom. The molecule has 2 saturated heterocycles. The number of carbonyl (C=O) groups is 5. The topological polar surface area (TPSA) is 144 Å². The minimum absolute atomic E-state index is 0.0304. The molecule has 5 rings (SSSR count). The summed E-state index contributed by atoms with van der Waals surface area (Å²) in [5.74, 6) is -2.00. The minimum atomic E-state index is -0.717. The van der Waals surface area contributed by atoms with Gasteiger partial charge in [0.05, 0.1) is 18.4 Å². The van der Waals surface area contributed by atoms with Crippen molar-refractivity contribution in [1.82, 2.24) is 30.1 Å². The minimum Gasteiger partial charge on any atom is -0.362 e. The summed E-state index contributed by atoms with van der Waals surface area (Å²) in [5, 5.41) is 10.4. The Morgan fingerprint density at radius 1 is 1.09 bits per heavy atom. The number of hydrogen-bond donors (Lipinski definition) is 1. The molecule has 3 aliphatic rings. The van der Waals surface area contributed by atoms with E-state index < -0.39 is 23.8 Å². The van der Waals surface area contributed by atoms with Crippen molar-refractivity contribution < 1.29 is 28.7 Å². The third kappa shape index (κ3) is 3.34. The lowest BCUT2D eigenvalue weighted by atomic mass is 10.0. The Morgan fingerprint density at radius 2 is 1.88 bits per heavy atom. The number of hydrogen-bond acceptors (Lipinski definition) is 8. The zero-order valence-corrected chi connectivity index (χ0v) is 16.8. The summed E-state index contributed by atoms with van der Waals surface area (Å²) in [5.41, 5.74) is 2.13. The van der Waals surface area contributed by atoms with E-state index in [-0.39, 0.29) is 51.0 Å². The summed E-state index contributed by atoms with van der Waals surface area (Å²) in [4.78, 5) is 63.1. The molecular formula is C20H18N6O6. The molecule has 0 aliphatic carbocycles. The van der Waals surface area contributed by atoms with Crippen LogP contribution in [0, 0.1) is 0 Å². The van der Waals surface area contributed by atoms with Gasteiger partial charge in [0.1, 0.15) is 24.9 Å². The fraction of sp³-hybridized carbons (Fsp3) is 0.350. The number of nitrogens with one attached hydrogen (secondary N) is 1. The molecule has 32 heavy (non-hydrogen) atoms. The molecule has 0 spiro atoms. The molecule has 4 heterocycles. The van der Waals surface area contributed by atoms with Crippen molar-refractivity contribution >= 4 is 29.5 Å². The van der Waals surface area contributed by atoms with Crippen molar-refractivity contribution in [2.75, 3.05) is 13.2 Å². The first-order chi connectivity index (χ1) is 15.4. The number of imide groups is 2. The molecule has 1 unspecified atom stereocenters. The van der Waals surface area contributed by atoms with E-state index in [0.717, 1.165) is 4.90 Å². The van der Waals surface area contributed by atoms with Gasteiger partial charge in [-0.25, -0.2) is 4.68 Å². The van der Waals surface area contributed by atoms with Gasteiger partial charge in [0.15, 0.2) is 0 Å². The zero-order valence-electron chi connectivity index (χ0n) is 16.8. The largest absolute Gasteiger partial charge is 0.362 e. The first-order valence-corrected chi connectivity index (χ1v) is 10.0. The number of rotatable bonds is 4. The summed E-state index contributed by atoms with van der Waals surface area (Å²) in [7, 11) is 0. The van der Waals surface area contributed by atoms with Crippen molar-refractivity contribution in [3.05, 3.63) is 41.2 Å². The van der Waals surface area contributed by atoms with E-state index in [1.807, 2.05) is 0 Å². The van der Waals surface area contributed by atoms with E-state index in [0.29, 0.717) is 22.5 Å².